The van der Waals surface area contributed by atoms with Crippen molar-refractivity contribution in [2.45, 2.75) is 52.7 Å². The van der Waals surface area contributed by atoms with Crippen LogP contribution in [0.15, 0.2) is 85.2 Å². The lowest BCUT2D eigenvalue weighted by molar-refractivity contribution is -0.139. The SMILES string of the molecule is COc1cc(-c2cccc(-c3cccc(COc4cc(OCc5cncc(C#N)c5)c(CNC[C@@H](O)CC(=O)O)cc4Cl)c3C)c2C)ccc1CN. The Balaban J connectivity index is 1.39. The standard InChI is InChI=1S/C41H41ClN4O6/c1-25-31(6-4-8-35(25)36-9-5-7-34(26(36)2)29-10-11-30(18-44)38(14-29)50-3)24-52-40-16-39(51-23-28-12-27(17-43)19-45-20-28)32(13-37(40)42)21-46-22-33(47)15-41(48)49/h4-14,16,19-20,33,46-47H,15,18,21-24,44H2,1-3H3,(H,48,49)/t33-/m0/s1. The number of aromatic nitrogens is 1. The third-order valence-corrected chi connectivity index (χ3v) is 9.11. The minimum atomic E-state index is -1.09. The number of methoxy groups -OCH3 is 1. The quantitative estimate of drug-likeness (QED) is 0.0827. The van der Waals surface area contributed by atoms with E-state index < -0.39 is 12.1 Å². The number of nitrogens with two attached hydrogens (primary N) is 1. The normalized spacial score (nSPS) is 11.5. The number of aliphatic carboxylic acids is 1. The van der Waals surface area contributed by atoms with Gasteiger partial charge in [-0.3, -0.25) is 9.78 Å². The van der Waals surface area contributed by atoms with Crippen LogP contribution in [0, 0.1) is 25.2 Å². The van der Waals surface area contributed by atoms with E-state index in [0.29, 0.717) is 39.8 Å². The van der Waals surface area contributed by atoms with Gasteiger partial charge in [0.25, 0.3) is 0 Å². The summed E-state index contributed by atoms with van der Waals surface area (Å²) in [4.78, 5) is 15.1. The van der Waals surface area contributed by atoms with Crippen LogP contribution in [-0.4, -0.2) is 40.9 Å². The summed E-state index contributed by atoms with van der Waals surface area (Å²) >= 11 is 6.74. The largest absolute Gasteiger partial charge is 0.496 e. The number of aliphatic hydroxyl groups is 1. The summed E-state index contributed by atoms with van der Waals surface area (Å²) in [5.41, 5.74) is 16.1. The minimum absolute atomic E-state index is 0.0580. The average molecular weight is 721 g/mol. The average Bonchev–Trinajstić information content (AvgIpc) is 3.14. The molecule has 10 nitrogen and oxygen atoms in total. The van der Waals surface area contributed by atoms with Gasteiger partial charge in [-0.25, -0.2) is 0 Å². The fourth-order valence-corrected chi connectivity index (χ4v) is 6.24. The lowest BCUT2D eigenvalue weighted by Gasteiger charge is -2.19. The fraction of sp³-hybridized carbons (Fsp3) is 0.244. The van der Waals surface area contributed by atoms with Crippen LogP contribution in [0.4, 0.5) is 0 Å². The van der Waals surface area contributed by atoms with Crippen molar-refractivity contribution in [1.82, 2.24) is 10.3 Å². The summed E-state index contributed by atoms with van der Waals surface area (Å²) in [6.45, 7) is 5.26. The zero-order chi connectivity index (χ0) is 37.2. The molecule has 5 rings (SSSR count). The predicted octanol–water partition coefficient (Wildman–Crippen LogP) is 7.11. The third-order valence-electron chi connectivity index (χ3n) is 8.81. The van der Waals surface area contributed by atoms with Gasteiger partial charge in [0.05, 0.1) is 30.2 Å². The Morgan fingerprint density at radius 3 is 2.37 bits per heavy atom. The second kappa shape index (κ2) is 17.7. The second-order valence-corrected chi connectivity index (χ2v) is 12.7. The molecule has 5 aromatic rings. The number of benzene rings is 4. The molecule has 0 amide bonds. The van der Waals surface area contributed by atoms with Crippen LogP contribution in [-0.2, 0) is 31.1 Å². The third kappa shape index (κ3) is 9.26. The predicted molar refractivity (Wildman–Crippen MR) is 200 cm³/mol. The molecule has 5 N–H and O–H groups in total. The van der Waals surface area contributed by atoms with Crippen molar-refractivity contribution >= 4 is 17.6 Å². The molecule has 0 unspecified atom stereocenters. The van der Waals surface area contributed by atoms with Crippen LogP contribution in [0.1, 0.15) is 45.4 Å². The molecule has 52 heavy (non-hydrogen) atoms. The first-order chi connectivity index (χ1) is 25.1. The maximum atomic E-state index is 11.0. The zero-order valence-corrected chi connectivity index (χ0v) is 30.0. The first kappa shape index (κ1) is 37.8. The molecule has 0 aliphatic rings. The maximum absolute atomic E-state index is 11.0. The number of carboxylic acid groups (broad SMARTS) is 1. The number of rotatable bonds is 16. The number of aliphatic hydroxyl groups excluding tert-OH is 1. The molecule has 11 heteroatoms. The van der Waals surface area contributed by atoms with E-state index in [1.54, 1.807) is 31.5 Å². The van der Waals surface area contributed by atoms with Gasteiger partial charge in [0, 0.05) is 54.8 Å². The van der Waals surface area contributed by atoms with Crippen molar-refractivity contribution in [2.75, 3.05) is 13.7 Å². The Morgan fingerprint density at radius 1 is 0.904 bits per heavy atom. The molecular formula is C41H41ClN4O6. The van der Waals surface area contributed by atoms with E-state index in [1.807, 2.05) is 24.3 Å². The van der Waals surface area contributed by atoms with Crippen LogP contribution in [0.25, 0.3) is 22.3 Å². The van der Waals surface area contributed by atoms with Gasteiger partial charge in [-0.05, 0) is 71.0 Å². The van der Waals surface area contributed by atoms with Gasteiger partial charge in [0.15, 0.2) is 0 Å². The highest BCUT2D eigenvalue weighted by Crippen LogP contribution is 2.37. The molecule has 0 saturated carbocycles. The molecule has 268 valence electrons. The van der Waals surface area contributed by atoms with E-state index in [2.05, 4.69) is 60.5 Å². The van der Waals surface area contributed by atoms with Crippen LogP contribution in [0.3, 0.4) is 0 Å². The molecule has 0 aliphatic heterocycles. The van der Waals surface area contributed by atoms with Crippen molar-refractivity contribution in [3.63, 3.8) is 0 Å². The summed E-state index contributed by atoms with van der Waals surface area (Å²) < 4.78 is 18.1. The van der Waals surface area contributed by atoms with Gasteiger partial charge in [-0.2, -0.15) is 5.26 Å². The molecule has 4 aromatic carbocycles. The summed E-state index contributed by atoms with van der Waals surface area (Å²) in [5.74, 6) is 0.552. The topological polar surface area (TPSA) is 160 Å². The minimum Gasteiger partial charge on any atom is -0.496 e. The summed E-state index contributed by atoms with van der Waals surface area (Å²) in [5, 5.41) is 31.7. The first-order valence-electron chi connectivity index (χ1n) is 16.7. The number of halogens is 1. The molecule has 0 aliphatic carbocycles. The highest BCUT2D eigenvalue weighted by atomic mass is 35.5. The van der Waals surface area contributed by atoms with Crippen molar-refractivity contribution in [3.05, 3.63) is 129 Å². The van der Waals surface area contributed by atoms with Gasteiger partial charge in [-0.1, -0.05) is 60.1 Å². The van der Waals surface area contributed by atoms with Gasteiger partial charge in [0.1, 0.15) is 36.5 Å². The van der Waals surface area contributed by atoms with Gasteiger partial charge >= 0.3 is 5.97 Å². The van der Waals surface area contributed by atoms with E-state index in [0.717, 1.165) is 50.3 Å². The van der Waals surface area contributed by atoms with Crippen LogP contribution in [0.5, 0.6) is 17.2 Å². The van der Waals surface area contributed by atoms with Crippen LogP contribution >= 0.6 is 11.6 Å². The number of hydrogen-bond donors (Lipinski definition) is 4. The number of carboxylic acids is 1. The molecule has 0 saturated heterocycles. The zero-order valence-electron chi connectivity index (χ0n) is 29.3. The number of carbonyl (C=O) groups is 1. The van der Waals surface area contributed by atoms with Crippen molar-refractivity contribution in [3.8, 4) is 45.6 Å². The molecule has 0 fully saturated rings. The number of ether oxygens (including phenoxy) is 3. The van der Waals surface area contributed by atoms with Gasteiger partial charge in [-0.15, -0.1) is 0 Å². The number of hydrogen-bond acceptors (Lipinski definition) is 9. The molecule has 1 aromatic heterocycles. The molecular weight excluding hydrogens is 680 g/mol. The highest BCUT2D eigenvalue weighted by Gasteiger charge is 2.17. The summed E-state index contributed by atoms with van der Waals surface area (Å²) in [7, 11) is 1.65. The smallest absolute Gasteiger partial charge is 0.306 e. The Bertz CT molecular complexity index is 2100. The van der Waals surface area contributed by atoms with Crippen molar-refractivity contribution < 1.29 is 29.2 Å². The summed E-state index contributed by atoms with van der Waals surface area (Å²) in [6.07, 6.45) is 1.66. The van der Waals surface area contributed by atoms with Crippen molar-refractivity contribution in [2.24, 2.45) is 5.73 Å². The van der Waals surface area contributed by atoms with E-state index in [4.69, 9.17) is 36.7 Å². The molecule has 0 bridgehead atoms. The Morgan fingerprint density at radius 2 is 1.63 bits per heavy atom. The van der Waals surface area contributed by atoms with E-state index >= 15 is 0 Å². The van der Waals surface area contributed by atoms with E-state index in [9.17, 15) is 15.2 Å². The number of nitriles is 1. The number of nitrogens with one attached hydrogen (secondary N) is 1. The monoisotopic (exact) mass is 720 g/mol. The van der Waals surface area contributed by atoms with Gasteiger partial charge < -0.3 is 35.5 Å². The van der Waals surface area contributed by atoms with Crippen LogP contribution < -0.4 is 25.3 Å². The molecule has 1 atom stereocenters. The first-order valence-corrected chi connectivity index (χ1v) is 17.1. The molecule has 1 heterocycles. The van der Waals surface area contributed by atoms with E-state index in [-0.39, 0.29) is 32.7 Å². The second-order valence-electron chi connectivity index (χ2n) is 12.3. The molecule has 0 spiro atoms. The molecule has 0 radical (unpaired) electrons. The van der Waals surface area contributed by atoms with Crippen LogP contribution in [0.2, 0.25) is 5.02 Å². The Hall–Kier alpha value is -5.44. The Labute approximate surface area is 308 Å². The summed E-state index contributed by atoms with van der Waals surface area (Å²) in [6, 6.07) is 25.7. The lowest BCUT2D eigenvalue weighted by Crippen LogP contribution is -2.28. The number of nitrogens with zero attached hydrogens (tertiary/aromatic N) is 2. The van der Waals surface area contributed by atoms with Gasteiger partial charge in [0.2, 0.25) is 0 Å². The lowest BCUT2D eigenvalue weighted by atomic mass is 9.89. The number of pyridine rings is 1. The fourth-order valence-electron chi connectivity index (χ4n) is 6.00. The van der Waals surface area contributed by atoms with E-state index in [1.165, 1.54) is 6.20 Å². The van der Waals surface area contributed by atoms with Crippen molar-refractivity contribution in [1.29, 1.82) is 5.26 Å². The Kier molecular flexibility index (Phi) is 12.8. The highest BCUT2D eigenvalue weighted by molar-refractivity contribution is 6.32. The maximum Gasteiger partial charge on any atom is 0.306 e.